The van der Waals surface area contributed by atoms with Gasteiger partial charge in [0, 0.05) is 12.8 Å². The fraction of sp³-hybridized carbons (Fsp3) is 0.686. The van der Waals surface area contributed by atoms with Crippen molar-refractivity contribution in [3.05, 3.63) is 65.7 Å². The third-order valence-corrected chi connectivity index (χ3v) is 15.3. The van der Waals surface area contributed by atoms with Gasteiger partial charge in [-0.3, -0.25) is 4.79 Å². The van der Waals surface area contributed by atoms with E-state index in [-0.39, 0.29) is 12.1 Å². The van der Waals surface area contributed by atoms with Crippen molar-refractivity contribution in [2.45, 2.75) is 169 Å². The van der Waals surface area contributed by atoms with Crippen LogP contribution in [0.15, 0.2) is 60.2 Å². The molecule has 8 atom stereocenters. The highest BCUT2D eigenvalue weighted by Gasteiger charge is 2.59. The Bertz CT molecular complexity index is 1580. The maximum atomic E-state index is 12.9. The average molecular weight is 748 g/mol. The first-order valence-corrected chi connectivity index (χ1v) is 22.7. The Morgan fingerprint density at radius 1 is 0.782 bits per heavy atom. The lowest BCUT2D eigenvalue weighted by Gasteiger charge is -2.58. The second-order valence-corrected chi connectivity index (χ2v) is 19.3. The maximum absolute atomic E-state index is 12.9. The molecular formula is C51H73NO3. The highest BCUT2D eigenvalue weighted by atomic mass is 16.5. The smallest absolute Gasteiger partial charge is 0.306 e. The fourth-order valence-corrected chi connectivity index (χ4v) is 12.1. The first-order valence-electron chi connectivity index (χ1n) is 22.7. The lowest BCUT2D eigenvalue weighted by molar-refractivity contribution is -0.151. The number of nitrogens with zero attached hydrogens (tertiary/aromatic N) is 1. The Balaban J connectivity index is 0.819. The van der Waals surface area contributed by atoms with Crippen LogP contribution in [0.3, 0.4) is 0 Å². The molecule has 0 aromatic heterocycles. The van der Waals surface area contributed by atoms with Crippen LogP contribution in [-0.4, -0.2) is 18.7 Å². The molecule has 0 amide bonds. The number of rotatable bonds is 19. The normalized spacial score (nSPS) is 29.0. The minimum absolute atomic E-state index is 0.0275. The van der Waals surface area contributed by atoms with Crippen LogP contribution in [0.4, 0.5) is 0 Å². The minimum atomic E-state index is 0.0275. The van der Waals surface area contributed by atoms with Crippen molar-refractivity contribution < 1.29 is 14.3 Å². The van der Waals surface area contributed by atoms with Gasteiger partial charge in [-0.05, 0) is 140 Å². The number of nitriles is 1. The lowest BCUT2D eigenvalue weighted by Crippen LogP contribution is -2.51. The van der Waals surface area contributed by atoms with Gasteiger partial charge in [-0.15, -0.1) is 0 Å². The van der Waals surface area contributed by atoms with Crippen molar-refractivity contribution in [1.82, 2.24) is 0 Å². The van der Waals surface area contributed by atoms with E-state index in [1.54, 1.807) is 5.57 Å². The molecule has 55 heavy (non-hydrogen) atoms. The van der Waals surface area contributed by atoms with E-state index in [2.05, 4.69) is 58.9 Å². The molecule has 0 saturated heterocycles. The van der Waals surface area contributed by atoms with Crippen LogP contribution in [0, 0.1) is 57.7 Å². The van der Waals surface area contributed by atoms with Gasteiger partial charge in [-0.1, -0.05) is 128 Å². The topological polar surface area (TPSA) is 59.3 Å². The summed E-state index contributed by atoms with van der Waals surface area (Å²) in [7, 11) is 0. The zero-order chi connectivity index (χ0) is 38.8. The lowest BCUT2D eigenvalue weighted by atomic mass is 9.47. The summed E-state index contributed by atoms with van der Waals surface area (Å²) < 4.78 is 12.1. The number of hydrogen-bond acceptors (Lipinski definition) is 4. The number of benzene rings is 2. The summed E-state index contributed by atoms with van der Waals surface area (Å²) >= 11 is 0. The van der Waals surface area contributed by atoms with Crippen LogP contribution < -0.4 is 4.74 Å². The van der Waals surface area contributed by atoms with E-state index >= 15 is 0 Å². The van der Waals surface area contributed by atoms with Crippen LogP contribution in [-0.2, 0) is 9.53 Å². The summed E-state index contributed by atoms with van der Waals surface area (Å²) in [5.74, 6) is 6.10. The van der Waals surface area contributed by atoms with E-state index in [4.69, 9.17) is 14.7 Å². The number of unbranched alkanes of at least 4 members (excludes halogenated alkanes) is 7. The Hall–Kier alpha value is -3.06. The van der Waals surface area contributed by atoms with E-state index in [1.807, 2.05) is 36.4 Å². The van der Waals surface area contributed by atoms with Crippen LogP contribution in [0.25, 0.3) is 11.1 Å². The molecule has 0 N–H and O–H groups in total. The van der Waals surface area contributed by atoms with Crippen LogP contribution in [0.1, 0.15) is 169 Å². The second kappa shape index (κ2) is 19.4. The molecule has 3 fully saturated rings. The third-order valence-electron chi connectivity index (χ3n) is 15.3. The quantitative estimate of drug-likeness (QED) is 0.0815. The van der Waals surface area contributed by atoms with Crippen LogP contribution in [0.5, 0.6) is 5.75 Å². The molecule has 0 unspecified atom stereocenters. The van der Waals surface area contributed by atoms with E-state index in [1.165, 1.54) is 89.9 Å². The highest BCUT2D eigenvalue weighted by molar-refractivity contribution is 5.69. The van der Waals surface area contributed by atoms with Gasteiger partial charge in [0.05, 0.1) is 18.2 Å². The SMILES string of the molecule is CC(C)CCC[C@@H](C)[C@H]1CC[C@H]2[C@@H]3CC=C4C[C@@H](OC(=O)CCCCCCCCCCOc5ccc(-c6ccc(C#N)cc6)cc5)CC[C@]4(C)[C@H]3CC[C@]12C. The first kappa shape index (κ1) is 41.6. The summed E-state index contributed by atoms with van der Waals surface area (Å²) in [4.78, 5) is 12.9. The van der Waals surface area contributed by atoms with Crippen molar-refractivity contribution in [3.8, 4) is 22.9 Å². The van der Waals surface area contributed by atoms with Gasteiger partial charge in [-0.2, -0.15) is 5.26 Å². The van der Waals surface area contributed by atoms with Gasteiger partial charge in [0.15, 0.2) is 0 Å². The summed E-state index contributed by atoms with van der Waals surface area (Å²) in [6, 6.07) is 18.1. The Labute approximate surface area is 335 Å². The molecule has 4 heteroatoms. The molecule has 4 aliphatic carbocycles. The molecule has 6 rings (SSSR count). The van der Waals surface area contributed by atoms with Gasteiger partial charge in [0.1, 0.15) is 11.9 Å². The van der Waals surface area contributed by atoms with E-state index < -0.39 is 0 Å². The van der Waals surface area contributed by atoms with Crippen molar-refractivity contribution in [1.29, 1.82) is 5.26 Å². The van der Waals surface area contributed by atoms with Gasteiger partial charge in [0.2, 0.25) is 0 Å². The number of fused-ring (bicyclic) bond motifs is 5. The van der Waals surface area contributed by atoms with E-state index in [0.717, 1.165) is 91.1 Å². The molecule has 0 aliphatic heterocycles. The highest BCUT2D eigenvalue weighted by Crippen LogP contribution is 2.67. The summed E-state index contributed by atoms with van der Waals surface area (Å²) in [5.41, 5.74) is 5.38. The van der Waals surface area contributed by atoms with Gasteiger partial charge < -0.3 is 9.47 Å². The molecule has 4 aliphatic rings. The number of hydrogen-bond donors (Lipinski definition) is 0. The van der Waals surface area contributed by atoms with Gasteiger partial charge >= 0.3 is 5.97 Å². The molecule has 0 heterocycles. The number of carbonyl (C=O) groups excluding carboxylic acids is 1. The van der Waals surface area contributed by atoms with E-state index in [0.29, 0.717) is 22.8 Å². The maximum Gasteiger partial charge on any atom is 0.306 e. The van der Waals surface area contributed by atoms with Crippen molar-refractivity contribution in [2.24, 2.45) is 46.3 Å². The van der Waals surface area contributed by atoms with E-state index in [9.17, 15) is 4.79 Å². The minimum Gasteiger partial charge on any atom is -0.494 e. The summed E-state index contributed by atoms with van der Waals surface area (Å²) in [6.45, 7) is 13.4. The van der Waals surface area contributed by atoms with Crippen LogP contribution in [0.2, 0.25) is 0 Å². The Morgan fingerprint density at radius 2 is 1.45 bits per heavy atom. The van der Waals surface area contributed by atoms with Crippen LogP contribution >= 0.6 is 0 Å². The molecule has 0 bridgehead atoms. The molecule has 0 radical (unpaired) electrons. The number of allylic oxidation sites excluding steroid dienone is 1. The number of esters is 1. The predicted molar refractivity (Wildman–Crippen MR) is 227 cm³/mol. The van der Waals surface area contributed by atoms with Gasteiger partial charge in [0.25, 0.3) is 0 Å². The summed E-state index contributed by atoms with van der Waals surface area (Å²) in [6.07, 6.45) is 26.9. The second-order valence-electron chi connectivity index (χ2n) is 19.3. The molecule has 3 saturated carbocycles. The Kier molecular flexibility index (Phi) is 14.7. The molecule has 300 valence electrons. The largest absolute Gasteiger partial charge is 0.494 e. The molecule has 0 spiro atoms. The standard InChI is InChI=1S/C51H73NO3/c1-37(2)15-14-16-38(3)46-28-29-47-45-27-24-42-35-44(30-32-50(42,4)48(45)31-33-51(46,47)5)55-49(53)17-12-10-8-6-7-9-11-13-34-54-43-25-22-41(23-26-43)40-20-18-39(36-52)19-21-40/h18-26,37-38,44-48H,6-17,27-35H2,1-5H3/t38-,44+,45+,46-,47+,48+,50+,51-/m1/s1. The molecule has 2 aromatic carbocycles. The average Bonchev–Trinajstić information content (AvgIpc) is 3.54. The van der Waals surface area contributed by atoms with Crippen molar-refractivity contribution in [2.75, 3.05) is 6.61 Å². The number of ether oxygens (including phenoxy) is 2. The zero-order valence-electron chi connectivity index (χ0n) is 35.3. The van der Waals surface area contributed by atoms with Crippen molar-refractivity contribution >= 4 is 5.97 Å². The molecular weight excluding hydrogens is 675 g/mol. The monoisotopic (exact) mass is 748 g/mol. The third kappa shape index (κ3) is 10.3. The summed E-state index contributed by atoms with van der Waals surface area (Å²) in [5, 5.41) is 9.00. The Morgan fingerprint density at radius 3 is 2.15 bits per heavy atom. The molecule has 4 nitrogen and oxygen atoms in total. The first-order chi connectivity index (χ1) is 26.6. The fourth-order valence-electron chi connectivity index (χ4n) is 12.1. The predicted octanol–water partition coefficient (Wildman–Crippen LogP) is 14.1. The zero-order valence-corrected chi connectivity index (χ0v) is 35.3. The number of carbonyl (C=O) groups is 1. The molecule has 2 aromatic rings. The van der Waals surface area contributed by atoms with Gasteiger partial charge in [-0.25, -0.2) is 0 Å². The van der Waals surface area contributed by atoms with Crippen molar-refractivity contribution in [3.63, 3.8) is 0 Å².